The molecule has 0 aromatic heterocycles. The van der Waals surface area contributed by atoms with Crippen molar-refractivity contribution in [1.29, 1.82) is 0 Å². The van der Waals surface area contributed by atoms with Crippen molar-refractivity contribution in [3.05, 3.63) is 35.0 Å². The predicted molar refractivity (Wildman–Crippen MR) is 49.6 cm³/mol. The Bertz CT molecular complexity index is 539. The number of halogens is 6. The smallest absolute Gasteiger partial charge is 0.224 e. The lowest BCUT2D eigenvalue weighted by molar-refractivity contribution is -0.151. The minimum absolute atomic E-state index is 0.221. The van der Waals surface area contributed by atoms with E-state index in [1.807, 2.05) is 0 Å². The van der Waals surface area contributed by atoms with E-state index in [9.17, 15) is 26.3 Å². The Hall–Kier alpha value is -1.20. The molecule has 96 valence electrons. The Morgan fingerprint density at radius 2 is 1.22 bits per heavy atom. The molecule has 4 rings (SSSR count). The summed E-state index contributed by atoms with van der Waals surface area (Å²) in [5.41, 5.74) is -9.07. The number of allylic oxidation sites excluding steroid dienone is 6. The summed E-state index contributed by atoms with van der Waals surface area (Å²) in [5, 5.41) is 0. The zero-order valence-electron chi connectivity index (χ0n) is 8.78. The SMILES string of the molecule is FC1=C(F)C2(F)C3=C(C4C=CC3C4)C1(F)C2(F)F. The van der Waals surface area contributed by atoms with Crippen LogP contribution in [-0.2, 0) is 0 Å². The molecule has 0 radical (unpaired) electrons. The van der Waals surface area contributed by atoms with Gasteiger partial charge in [-0.1, -0.05) is 12.2 Å². The monoisotopic (exact) mass is 264 g/mol. The third kappa shape index (κ3) is 0.651. The van der Waals surface area contributed by atoms with E-state index in [0.717, 1.165) is 0 Å². The van der Waals surface area contributed by atoms with Crippen molar-refractivity contribution in [1.82, 2.24) is 0 Å². The summed E-state index contributed by atoms with van der Waals surface area (Å²) in [6, 6.07) is 0. The maximum Gasteiger partial charge on any atom is 0.335 e. The molecule has 4 unspecified atom stereocenters. The Kier molecular flexibility index (Phi) is 1.44. The summed E-state index contributed by atoms with van der Waals surface area (Å²) in [7, 11) is 0. The zero-order valence-corrected chi connectivity index (χ0v) is 8.78. The van der Waals surface area contributed by atoms with Crippen molar-refractivity contribution >= 4 is 0 Å². The van der Waals surface area contributed by atoms with Gasteiger partial charge in [0.05, 0.1) is 0 Å². The van der Waals surface area contributed by atoms with Crippen LogP contribution >= 0.6 is 0 Å². The van der Waals surface area contributed by atoms with E-state index in [0.29, 0.717) is 0 Å². The van der Waals surface area contributed by atoms with Crippen molar-refractivity contribution in [2.24, 2.45) is 11.8 Å². The highest BCUT2D eigenvalue weighted by atomic mass is 19.3. The van der Waals surface area contributed by atoms with Crippen LogP contribution in [0.15, 0.2) is 35.0 Å². The molecular formula is C12H6F6. The summed E-state index contributed by atoms with van der Waals surface area (Å²) >= 11 is 0. The molecule has 0 nitrogen and oxygen atoms in total. The van der Waals surface area contributed by atoms with Gasteiger partial charge in [-0.2, -0.15) is 8.78 Å². The number of alkyl halides is 4. The predicted octanol–water partition coefficient (Wildman–Crippen LogP) is 3.72. The molecule has 0 amide bonds. The Morgan fingerprint density at radius 1 is 0.833 bits per heavy atom. The van der Waals surface area contributed by atoms with Crippen LogP contribution in [0.4, 0.5) is 26.3 Å². The Balaban J connectivity index is 2.07. The van der Waals surface area contributed by atoms with Gasteiger partial charge in [0.1, 0.15) is 0 Å². The van der Waals surface area contributed by atoms with Crippen molar-refractivity contribution in [3.8, 4) is 0 Å². The van der Waals surface area contributed by atoms with Gasteiger partial charge in [-0.05, 0) is 17.6 Å². The van der Waals surface area contributed by atoms with Crippen LogP contribution < -0.4 is 0 Å². The summed E-state index contributed by atoms with van der Waals surface area (Å²) < 4.78 is 83.4. The van der Waals surface area contributed by atoms with Gasteiger partial charge < -0.3 is 0 Å². The first kappa shape index (κ1) is 10.7. The van der Waals surface area contributed by atoms with E-state index in [4.69, 9.17) is 0 Å². The Morgan fingerprint density at radius 3 is 1.61 bits per heavy atom. The van der Waals surface area contributed by atoms with Crippen LogP contribution in [0.2, 0.25) is 0 Å². The molecular weight excluding hydrogens is 258 g/mol. The van der Waals surface area contributed by atoms with Gasteiger partial charge in [-0.15, -0.1) is 0 Å². The summed E-state index contributed by atoms with van der Waals surface area (Å²) in [5.74, 6) is -10.8. The van der Waals surface area contributed by atoms with Crippen LogP contribution in [0, 0.1) is 11.8 Å². The second kappa shape index (κ2) is 2.42. The average Bonchev–Trinajstić information content (AvgIpc) is 2.97. The van der Waals surface area contributed by atoms with E-state index in [2.05, 4.69) is 0 Å². The first-order valence-electron chi connectivity index (χ1n) is 5.53. The molecule has 0 saturated heterocycles. The molecule has 0 aromatic rings. The van der Waals surface area contributed by atoms with Crippen LogP contribution in [0.5, 0.6) is 0 Å². The van der Waals surface area contributed by atoms with Gasteiger partial charge in [0, 0.05) is 11.8 Å². The summed E-state index contributed by atoms with van der Waals surface area (Å²) in [6.07, 6.45) is 3.13. The summed E-state index contributed by atoms with van der Waals surface area (Å²) in [4.78, 5) is 0. The van der Waals surface area contributed by atoms with Gasteiger partial charge in [0.15, 0.2) is 11.7 Å². The van der Waals surface area contributed by atoms with Crippen molar-refractivity contribution in [2.75, 3.05) is 0 Å². The van der Waals surface area contributed by atoms with E-state index < -0.39 is 51.9 Å². The van der Waals surface area contributed by atoms with Crippen molar-refractivity contribution in [3.63, 3.8) is 0 Å². The molecule has 0 aromatic carbocycles. The molecule has 0 heterocycles. The molecule has 0 aliphatic heterocycles. The highest BCUT2D eigenvalue weighted by Crippen LogP contribution is 2.75. The van der Waals surface area contributed by atoms with Gasteiger partial charge in [0.2, 0.25) is 0 Å². The van der Waals surface area contributed by atoms with Gasteiger partial charge in [-0.3, -0.25) is 0 Å². The van der Waals surface area contributed by atoms with Crippen molar-refractivity contribution < 1.29 is 26.3 Å². The lowest BCUT2D eigenvalue weighted by atomic mass is 9.86. The molecule has 0 saturated carbocycles. The standard InChI is InChI=1S/C12H6F6/c13-8-9(14)11(16)7-5-2-1-4(3-5)6(7)10(8,15)12(11,17)18/h1-2,4-5H,3H2. The zero-order chi connectivity index (χ0) is 13.1. The summed E-state index contributed by atoms with van der Waals surface area (Å²) in [6.45, 7) is 0. The van der Waals surface area contributed by atoms with Crippen LogP contribution in [0.1, 0.15) is 6.42 Å². The fourth-order valence-corrected chi connectivity index (χ4v) is 3.80. The van der Waals surface area contributed by atoms with Crippen LogP contribution in [0.25, 0.3) is 0 Å². The molecule has 4 atom stereocenters. The highest BCUT2D eigenvalue weighted by Gasteiger charge is 2.88. The molecule has 0 fully saturated rings. The maximum absolute atomic E-state index is 14.4. The fourth-order valence-electron chi connectivity index (χ4n) is 3.80. The van der Waals surface area contributed by atoms with E-state index in [1.54, 1.807) is 0 Å². The molecule has 0 spiro atoms. The minimum Gasteiger partial charge on any atom is -0.224 e. The van der Waals surface area contributed by atoms with Gasteiger partial charge in [0.25, 0.3) is 11.3 Å². The second-order valence-electron chi connectivity index (χ2n) is 5.18. The normalized spacial score (nSPS) is 50.8. The average molecular weight is 264 g/mol. The van der Waals surface area contributed by atoms with Crippen LogP contribution in [-0.4, -0.2) is 17.3 Å². The molecule has 4 aliphatic rings. The number of hydrogen-bond donors (Lipinski definition) is 0. The molecule has 18 heavy (non-hydrogen) atoms. The number of fused-ring (bicyclic) bond motifs is 8. The molecule has 4 bridgehead atoms. The minimum atomic E-state index is -4.73. The largest absolute Gasteiger partial charge is 0.335 e. The van der Waals surface area contributed by atoms with Gasteiger partial charge >= 0.3 is 5.92 Å². The number of hydrogen-bond acceptors (Lipinski definition) is 0. The third-order valence-corrected chi connectivity index (χ3v) is 4.52. The lowest BCUT2D eigenvalue weighted by Crippen LogP contribution is -2.50. The fraction of sp³-hybridized carbons (Fsp3) is 0.500. The topological polar surface area (TPSA) is 0 Å². The van der Waals surface area contributed by atoms with E-state index in [1.165, 1.54) is 12.2 Å². The quantitative estimate of drug-likeness (QED) is 0.355. The van der Waals surface area contributed by atoms with E-state index in [-0.39, 0.29) is 6.42 Å². The third-order valence-electron chi connectivity index (χ3n) is 4.52. The second-order valence-corrected chi connectivity index (χ2v) is 5.18. The Labute approximate surface area is 97.7 Å². The first-order valence-corrected chi connectivity index (χ1v) is 5.53. The van der Waals surface area contributed by atoms with Crippen LogP contribution in [0.3, 0.4) is 0 Å². The lowest BCUT2D eigenvalue weighted by Gasteiger charge is -2.29. The number of rotatable bonds is 0. The van der Waals surface area contributed by atoms with Crippen molar-refractivity contribution in [2.45, 2.75) is 23.7 Å². The van der Waals surface area contributed by atoms with E-state index >= 15 is 0 Å². The maximum atomic E-state index is 14.4. The molecule has 4 aliphatic carbocycles. The first-order chi connectivity index (χ1) is 8.28. The molecule has 0 N–H and O–H groups in total. The highest BCUT2D eigenvalue weighted by molar-refractivity contribution is 5.67. The van der Waals surface area contributed by atoms with Gasteiger partial charge in [-0.25, -0.2) is 17.6 Å². The molecule has 6 heteroatoms.